The summed E-state index contributed by atoms with van der Waals surface area (Å²) in [5, 5.41) is 0. The maximum absolute atomic E-state index is 12.7. The van der Waals surface area contributed by atoms with Crippen LogP contribution in [0.3, 0.4) is 0 Å². The van der Waals surface area contributed by atoms with Crippen molar-refractivity contribution in [3.63, 3.8) is 0 Å². The second kappa shape index (κ2) is 8.68. The van der Waals surface area contributed by atoms with Crippen LogP contribution in [0.5, 0.6) is 11.5 Å². The van der Waals surface area contributed by atoms with Gasteiger partial charge < -0.3 is 29.7 Å². The molecule has 1 heterocycles. The predicted octanol–water partition coefficient (Wildman–Crippen LogP) is -0.0381. The van der Waals surface area contributed by atoms with E-state index in [-0.39, 0.29) is 18.4 Å². The first-order valence-electron chi connectivity index (χ1n) is 8.06. The van der Waals surface area contributed by atoms with E-state index in [0.717, 1.165) is 0 Å². The lowest BCUT2D eigenvalue weighted by Crippen LogP contribution is -2.55. The van der Waals surface area contributed by atoms with E-state index in [1.165, 1.54) is 14.2 Å². The fourth-order valence-electron chi connectivity index (χ4n) is 2.77. The number of rotatable bonds is 6. The summed E-state index contributed by atoms with van der Waals surface area (Å²) in [4.78, 5) is 28.2. The molecule has 1 fully saturated rings. The fourth-order valence-corrected chi connectivity index (χ4v) is 2.77. The van der Waals surface area contributed by atoms with Crippen molar-refractivity contribution in [3.8, 4) is 11.5 Å². The molecule has 25 heavy (non-hydrogen) atoms. The standard InChI is InChI=1S/C17H25N3O5/c1-23-11-13(18)17(22)20-8-6-19(7-9-20)16(21)12-4-5-14(24-2)15(10-12)25-3/h4-5,10,13H,6-9,11,18H2,1-3H3. The summed E-state index contributed by atoms with van der Waals surface area (Å²) in [7, 11) is 4.58. The first-order chi connectivity index (χ1) is 12.0. The first kappa shape index (κ1) is 19.0. The SMILES string of the molecule is COCC(N)C(=O)N1CCN(C(=O)c2ccc(OC)c(OC)c2)CC1. The third-order valence-electron chi connectivity index (χ3n) is 4.17. The molecule has 2 N–H and O–H groups in total. The van der Waals surface area contributed by atoms with Crippen molar-refractivity contribution >= 4 is 11.8 Å². The van der Waals surface area contributed by atoms with Gasteiger partial charge in [0.05, 0.1) is 20.8 Å². The Bertz CT molecular complexity index is 614. The van der Waals surface area contributed by atoms with Crippen molar-refractivity contribution < 1.29 is 23.8 Å². The van der Waals surface area contributed by atoms with Crippen molar-refractivity contribution in [1.82, 2.24) is 9.80 Å². The minimum atomic E-state index is -0.668. The summed E-state index contributed by atoms with van der Waals surface area (Å²) in [5.74, 6) is 0.823. The minimum absolute atomic E-state index is 0.103. The van der Waals surface area contributed by atoms with Gasteiger partial charge >= 0.3 is 0 Å². The average molecular weight is 351 g/mol. The summed E-state index contributed by atoms with van der Waals surface area (Å²) >= 11 is 0. The summed E-state index contributed by atoms with van der Waals surface area (Å²) in [6, 6.07) is 4.40. The summed E-state index contributed by atoms with van der Waals surface area (Å²) in [6.07, 6.45) is 0. The highest BCUT2D eigenvalue weighted by Gasteiger charge is 2.28. The van der Waals surface area contributed by atoms with Gasteiger partial charge in [-0.15, -0.1) is 0 Å². The molecule has 0 radical (unpaired) electrons. The highest BCUT2D eigenvalue weighted by molar-refractivity contribution is 5.95. The lowest BCUT2D eigenvalue weighted by atomic mass is 10.1. The molecule has 1 atom stereocenters. The molecule has 0 aromatic heterocycles. The molecule has 1 unspecified atom stereocenters. The Labute approximate surface area is 147 Å². The molecule has 1 aromatic carbocycles. The van der Waals surface area contributed by atoms with Crippen LogP contribution in [0.2, 0.25) is 0 Å². The van der Waals surface area contributed by atoms with E-state index >= 15 is 0 Å². The van der Waals surface area contributed by atoms with Crippen molar-refractivity contribution in [2.45, 2.75) is 6.04 Å². The number of nitrogens with zero attached hydrogens (tertiary/aromatic N) is 2. The lowest BCUT2D eigenvalue weighted by molar-refractivity contribution is -0.135. The van der Waals surface area contributed by atoms with E-state index in [1.807, 2.05) is 0 Å². The molecule has 8 nitrogen and oxygen atoms in total. The zero-order valence-corrected chi connectivity index (χ0v) is 14.9. The van der Waals surface area contributed by atoms with Crippen LogP contribution in [0.1, 0.15) is 10.4 Å². The molecule has 1 saturated heterocycles. The van der Waals surface area contributed by atoms with Gasteiger partial charge in [-0.1, -0.05) is 0 Å². The Morgan fingerprint density at radius 1 is 1.04 bits per heavy atom. The van der Waals surface area contributed by atoms with Crippen molar-refractivity contribution in [2.75, 3.05) is 54.1 Å². The van der Waals surface area contributed by atoms with Crippen molar-refractivity contribution in [2.24, 2.45) is 5.73 Å². The smallest absolute Gasteiger partial charge is 0.254 e. The Morgan fingerprint density at radius 3 is 2.20 bits per heavy atom. The van der Waals surface area contributed by atoms with Gasteiger partial charge in [-0.05, 0) is 18.2 Å². The van der Waals surface area contributed by atoms with Gasteiger partial charge in [-0.2, -0.15) is 0 Å². The van der Waals surface area contributed by atoms with Crippen molar-refractivity contribution in [3.05, 3.63) is 23.8 Å². The molecular weight excluding hydrogens is 326 g/mol. The molecular formula is C17H25N3O5. The van der Waals surface area contributed by atoms with E-state index < -0.39 is 6.04 Å². The van der Waals surface area contributed by atoms with Crippen LogP contribution in [-0.2, 0) is 9.53 Å². The van der Waals surface area contributed by atoms with E-state index in [2.05, 4.69) is 0 Å². The number of carbonyl (C=O) groups excluding carboxylic acids is 2. The maximum atomic E-state index is 12.7. The third-order valence-corrected chi connectivity index (χ3v) is 4.17. The number of nitrogens with two attached hydrogens (primary N) is 1. The molecule has 0 saturated carbocycles. The number of hydrogen-bond acceptors (Lipinski definition) is 6. The molecule has 1 aliphatic rings. The number of carbonyl (C=O) groups is 2. The van der Waals surface area contributed by atoms with E-state index in [9.17, 15) is 9.59 Å². The van der Waals surface area contributed by atoms with Crippen LogP contribution in [0.25, 0.3) is 0 Å². The number of piperazine rings is 1. The van der Waals surface area contributed by atoms with Crippen LogP contribution in [-0.4, -0.2) is 81.8 Å². The first-order valence-corrected chi connectivity index (χ1v) is 8.06. The molecule has 2 amide bonds. The molecule has 138 valence electrons. The second-order valence-electron chi connectivity index (χ2n) is 5.75. The van der Waals surface area contributed by atoms with E-state index in [4.69, 9.17) is 19.9 Å². The number of amides is 2. The van der Waals surface area contributed by atoms with Gasteiger partial charge in [0.15, 0.2) is 11.5 Å². The zero-order valence-electron chi connectivity index (χ0n) is 14.9. The monoisotopic (exact) mass is 351 g/mol. The summed E-state index contributed by atoms with van der Waals surface area (Å²) in [5.41, 5.74) is 6.30. The van der Waals surface area contributed by atoms with Crippen LogP contribution in [0.4, 0.5) is 0 Å². The van der Waals surface area contributed by atoms with Gasteiger partial charge in [-0.3, -0.25) is 9.59 Å². The molecule has 2 rings (SSSR count). The van der Waals surface area contributed by atoms with Gasteiger partial charge in [-0.25, -0.2) is 0 Å². The number of benzene rings is 1. The summed E-state index contributed by atoms with van der Waals surface area (Å²) in [6.45, 7) is 2.01. The number of ether oxygens (including phenoxy) is 3. The molecule has 0 spiro atoms. The highest BCUT2D eigenvalue weighted by atomic mass is 16.5. The summed E-state index contributed by atoms with van der Waals surface area (Å²) < 4.78 is 15.3. The van der Waals surface area contributed by atoms with E-state index in [1.54, 1.807) is 35.1 Å². The van der Waals surface area contributed by atoms with Crippen LogP contribution in [0, 0.1) is 0 Å². The second-order valence-corrected chi connectivity index (χ2v) is 5.75. The molecule has 8 heteroatoms. The Hall–Kier alpha value is -2.32. The highest BCUT2D eigenvalue weighted by Crippen LogP contribution is 2.28. The van der Waals surface area contributed by atoms with E-state index in [0.29, 0.717) is 43.2 Å². The lowest BCUT2D eigenvalue weighted by Gasteiger charge is -2.35. The number of methoxy groups -OCH3 is 3. The largest absolute Gasteiger partial charge is 0.493 e. The normalized spacial score (nSPS) is 15.7. The fraction of sp³-hybridized carbons (Fsp3) is 0.529. The Kier molecular flexibility index (Phi) is 6.60. The topological polar surface area (TPSA) is 94.3 Å². The zero-order chi connectivity index (χ0) is 18.4. The maximum Gasteiger partial charge on any atom is 0.254 e. The van der Waals surface area contributed by atoms with Crippen LogP contribution in [0.15, 0.2) is 18.2 Å². The Morgan fingerprint density at radius 2 is 1.64 bits per heavy atom. The number of hydrogen-bond donors (Lipinski definition) is 1. The third kappa shape index (κ3) is 4.40. The van der Waals surface area contributed by atoms with Crippen LogP contribution >= 0.6 is 0 Å². The molecule has 0 aliphatic carbocycles. The molecule has 1 aliphatic heterocycles. The Balaban J connectivity index is 1.98. The van der Waals surface area contributed by atoms with Crippen LogP contribution < -0.4 is 15.2 Å². The molecule has 0 bridgehead atoms. The van der Waals surface area contributed by atoms with Gasteiger partial charge in [0.25, 0.3) is 5.91 Å². The van der Waals surface area contributed by atoms with Crippen molar-refractivity contribution in [1.29, 1.82) is 0 Å². The van der Waals surface area contributed by atoms with Gasteiger partial charge in [0, 0.05) is 38.9 Å². The minimum Gasteiger partial charge on any atom is -0.493 e. The quantitative estimate of drug-likeness (QED) is 0.773. The van der Waals surface area contributed by atoms with Gasteiger partial charge in [0.1, 0.15) is 6.04 Å². The molecule has 1 aromatic rings. The predicted molar refractivity (Wildman–Crippen MR) is 91.9 cm³/mol. The average Bonchev–Trinajstić information content (AvgIpc) is 2.66. The van der Waals surface area contributed by atoms with Gasteiger partial charge in [0.2, 0.25) is 5.91 Å².